The number of nitrogens with zero attached hydrogens (tertiary/aromatic N) is 2. The molecule has 2 heterocycles. The second kappa shape index (κ2) is 9.10. The lowest BCUT2D eigenvalue weighted by Crippen LogP contribution is -2.29. The maximum absolute atomic E-state index is 12.6. The molecule has 1 aromatic heterocycles. The van der Waals surface area contributed by atoms with Crippen LogP contribution in [0.15, 0.2) is 65.8 Å². The van der Waals surface area contributed by atoms with Crippen molar-refractivity contribution in [2.45, 2.75) is 18.7 Å². The van der Waals surface area contributed by atoms with E-state index in [0.717, 1.165) is 35.2 Å². The van der Waals surface area contributed by atoms with Gasteiger partial charge in [0.25, 0.3) is 5.91 Å². The van der Waals surface area contributed by atoms with Crippen molar-refractivity contribution < 1.29 is 13.2 Å². The third-order valence-corrected chi connectivity index (χ3v) is 7.42. The second-order valence-corrected chi connectivity index (χ2v) is 9.69. The first-order valence-corrected chi connectivity index (χ1v) is 12.3. The highest BCUT2D eigenvalue weighted by Crippen LogP contribution is 2.37. The van der Waals surface area contributed by atoms with E-state index in [1.54, 1.807) is 36.7 Å². The molecule has 2 N–H and O–H groups in total. The van der Waals surface area contributed by atoms with Gasteiger partial charge in [0.05, 0.1) is 21.7 Å². The van der Waals surface area contributed by atoms with Gasteiger partial charge in [-0.05, 0) is 55.6 Å². The smallest absolute Gasteiger partial charge is 0.257 e. The number of anilines is 2. The molecule has 4 rings (SSSR count). The Kier molecular flexibility index (Phi) is 6.25. The van der Waals surface area contributed by atoms with Gasteiger partial charge in [-0.3, -0.25) is 9.78 Å². The molecular formula is C24H26N4O3S. The van der Waals surface area contributed by atoms with Crippen LogP contribution in [-0.2, 0) is 14.6 Å². The van der Waals surface area contributed by atoms with E-state index in [0.29, 0.717) is 22.7 Å². The third kappa shape index (κ3) is 4.37. The van der Waals surface area contributed by atoms with Crippen molar-refractivity contribution in [3.05, 3.63) is 66.5 Å². The number of hydrogen-bond donors (Lipinski definition) is 2. The number of sulfone groups is 1. The number of fused-ring (bicyclic) bond motifs is 3. The SMILES string of the molecule is CCN(CC)CCS(=O)(=O)c1ccc(N/C=C2\C(=O)Nc3ccc4ncccc4c32)cc1. The Morgan fingerprint density at radius 2 is 1.81 bits per heavy atom. The highest BCUT2D eigenvalue weighted by molar-refractivity contribution is 7.91. The first-order valence-electron chi connectivity index (χ1n) is 10.6. The molecule has 1 amide bonds. The Labute approximate surface area is 188 Å². The molecule has 7 nitrogen and oxygen atoms in total. The van der Waals surface area contributed by atoms with Gasteiger partial charge in [-0.25, -0.2) is 8.42 Å². The minimum Gasteiger partial charge on any atom is -0.361 e. The van der Waals surface area contributed by atoms with Crippen LogP contribution in [0.1, 0.15) is 19.4 Å². The molecule has 2 aromatic carbocycles. The van der Waals surface area contributed by atoms with Crippen LogP contribution in [0.25, 0.3) is 16.5 Å². The van der Waals surface area contributed by atoms with Gasteiger partial charge in [0.2, 0.25) is 0 Å². The predicted octanol–water partition coefficient (Wildman–Crippen LogP) is 3.76. The van der Waals surface area contributed by atoms with Crippen LogP contribution >= 0.6 is 0 Å². The van der Waals surface area contributed by atoms with Crippen LogP contribution in [0, 0.1) is 0 Å². The highest BCUT2D eigenvalue weighted by atomic mass is 32.2. The summed E-state index contributed by atoms with van der Waals surface area (Å²) >= 11 is 0. The quantitative estimate of drug-likeness (QED) is 0.508. The van der Waals surface area contributed by atoms with Gasteiger partial charge in [0.15, 0.2) is 9.84 Å². The number of nitrogens with one attached hydrogen (secondary N) is 2. The molecule has 0 saturated carbocycles. The van der Waals surface area contributed by atoms with Crippen molar-refractivity contribution in [1.29, 1.82) is 0 Å². The molecule has 0 unspecified atom stereocenters. The van der Waals surface area contributed by atoms with E-state index in [2.05, 4.69) is 20.5 Å². The number of aromatic nitrogens is 1. The lowest BCUT2D eigenvalue weighted by molar-refractivity contribution is -0.110. The molecule has 8 heteroatoms. The van der Waals surface area contributed by atoms with Crippen molar-refractivity contribution in [2.24, 2.45) is 0 Å². The van der Waals surface area contributed by atoms with Crippen LogP contribution in [0.3, 0.4) is 0 Å². The molecule has 3 aromatic rings. The average Bonchev–Trinajstić information content (AvgIpc) is 3.14. The molecule has 0 bridgehead atoms. The lowest BCUT2D eigenvalue weighted by atomic mass is 10.0. The molecule has 1 aliphatic heterocycles. The molecule has 1 aliphatic rings. The first-order chi connectivity index (χ1) is 15.4. The molecular weight excluding hydrogens is 424 g/mol. The zero-order valence-corrected chi connectivity index (χ0v) is 18.9. The molecule has 166 valence electrons. The lowest BCUT2D eigenvalue weighted by Gasteiger charge is -2.17. The van der Waals surface area contributed by atoms with E-state index in [4.69, 9.17) is 0 Å². The molecule has 0 atom stereocenters. The summed E-state index contributed by atoms with van der Waals surface area (Å²) < 4.78 is 25.3. The van der Waals surface area contributed by atoms with E-state index in [9.17, 15) is 13.2 Å². The van der Waals surface area contributed by atoms with Crippen molar-refractivity contribution >= 4 is 43.6 Å². The second-order valence-electron chi connectivity index (χ2n) is 7.58. The largest absolute Gasteiger partial charge is 0.361 e. The van der Waals surface area contributed by atoms with Gasteiger partial charge in [-0.1, -0.05) is 19.9 Å². The standard InChI is InChI=1S/C24H26N4O3S/c1-3-28(4-2)14-15-32(30,31)18-9-7-17(8-10-18)26-16-20-23-19-6-5-13-25-21(19)11-12-22(23)27-24(20)29/h5-13,16,26H,3-4,14-15H2,1-2H3,(H,27,29)/b20-16-. The minimum atomic E-state index is -3.35. The van der Waals surface area contributed by atoms with Crippen LogP contribution in [0.5, 0.6) is 0 Å². The molecule has 0 fully saturated rings. The molecule has 0 radical (unpaired) electrons. The van der Waals surface area contributed by atoms with E-state index >= 15 is 0 Å². The van der Waals surface area contributed by atoms with Crippen molar-refractivity contribution in [1.82, 2.24) is 9.88 Å². The number of benzene rings is 2. The number of rotatable bonds is 8. The summed E-state index contributed by atoms with van der Waals surface area (Å²) in [4.78, 5) is 19.3. The maximum Gasteiger partial charge on any atom is 0.257 e. The van der Waals surface area contributed by atoms with Gasteiger partial charge in [-0.15, -0.1) is 0 Å². The zero-order valence-electron chi connectivity index (χ0n) is 18.1. The number of pyridine rings is 1. The summed E-state index contributed by atoms with van der Waals surface area (Å²) in [5.74, 6) is -0.108. The first kappa shape index (κ1) is 22.0. The molecule has 32 heavy (non-hydrogen) atoms. The topological polar surface area (TPSA) is 91.4 Å². The van der Waals surface area contributed by atoms with E-state index in [1.807, 2.05) is 38.1 Å². The van der Waals surface area contributed by atoms with Gasteiger partial charge in [0, 0.05) is 41.3 Å². The maximum atomic E-state index is 12.6. The fourth-order valence-corrected chi connectivity index (χ4v) is 5.09. The van der Waals surface area contributed by atoms with Crippen molar-refractivity contribution in [3.63, 3.8) is 0 Å². The molecule has 0 saturated heterocycles. The number of carbonyl (C=O) groups excluding carboxylic acids is 1. The Balaban J connectivity index is 1.53. The zero-order chi connectivity index (χ0) is 22.7. The normalized spacial score (nSPS) is 14.7. The van der Waals surface area contributed by atoms with E-state index < -0.39 is 9.84 Å². The van der Waals surface area contributed by atoms with Gasteiger partial charge >= 0.3 is 0 Å². The van der Waals surface area contributed by atoms with Gasteiger partial charge in [-0.2, -0.15) is 0 Å². The fraction of sp³-hybridized carbons (Fsp3) is 0.250. The van der Waals surface area contributed by atoms with E-state index in [-0.39, 0.29) is 11.7 Å². The van der Waals surface area contributed by atoms with E-state index in [1.165, 1.54) is 0 Å². The van der Waals surface area contributed by atoms with Crippen LogP contribution in [0.2, 0.25) is 0 Å². The Bertz CT molecular complexity index is 1280. The Morgan fingerprint density at radius 3 is 2.53 bits per heavy atom. The van der Waals surface area contributed by atoms with Crippen molar-refractivity contribution in [3.8, 4) is 0 Å². The summed E-state index contributed by atoms with van der Waals surface area (Å²) in [6.07, 6.45) is 3.37. The summed E-state index contributed by atoms with van der Waals surface area (Å²) in [5, 5.41) is 6.90. The van der Waals surface area contributed by atoms with Crippen LogP contribution in [-0.4, -0.2) is 49.6 Å². The summed E-state index contributed by atoms with van der Waals surface area (Å²) in [6, 6.07) is 14.1. The average molecular weight is 451 g/mol. The minimum absolute atomic E-state index is 0.0869. The number of carbonyl (C=O) groups is 1. The summed E-state index contributed by atoms with van der Waals surface area (Å²) in [7, 11) is -3.35. The highest BCUT2D eigenvalue weighted by Gasteiger charge is 2.26. The predicted molar refractivity (Wildman–Crippen MR) is 128 cm³/mol. The van der Waals surface area contributed by atoms with Crippen molar-refractivity contribution in [2.75, 3.05) is 36.0 Å². The number of amides is 1. The Morgan fingerprint density at radius 1 is 1.06 bits per heavy atom. The summed E-state index contributed by atoms with van der Waals surface area (Å²) in [6.45, 7) is 6.21. The Hall–Kier alpha value is -3.23. The molecule has 0 spiro atoms. The fourth-order valence-electron chi connectivity index (χ4n) is 3.81. The van der Waals surface area contributed by atoms with Gasteiger partial charge < -0.3 is 15.5 Å². The molecule has 0 aliphatic carbocycles. The third-order valence-electron chi connectivity index (χ3n) is 5.71. The number of hydrogen-bond acceptors (Lipinski definition) is 6. The van der Waals surface area contributed by atoms with Crippen LogP contribution < -0.4 is 10.6 Å². The summed E-state index contributed by atoms with van der Waals surface area (Å²) in [5.41, 5.74) is 3.57. The van der Waals surface area contributed by atoms with Gasteiger partial charge in [0.1, 0.15) is 0 Å². The monoisotopic (exact) mass is 450 g/mol. The van der Waals surface area contributed by atoms with Crippen LogP contribution in [0.4, 0.5) is 11.4 Å².